The number of rotatable bonds is 13. The number of imidazole rings is 3. The van der Waals surface area contributed by atoms with E-state index in [1.165, 1.54) is 73.4 Å². The lowest BCUT2D eigenvalue weighted by molar-refractivity contribution is 0.0937. The van der Waals surface area contributed by atoms with E-state index in [2.05, 4.69) is 25.9 Å². The summed E-state index contributed by atoms with van der Waals surface area (Å²) in [7, 11) is 3.05. The first-order chi connectivity index (χ1) is 38.9. The van der Waals surface area contributed by atoms with Crippen molar-refractivity contribution in [2.24, 2.45) is 0 Å². The molecule has 9 heterocycles. The van der Waals surface area contributed by atoms with E-state index in [-0.39, 0.29) is 60.4 Å². The minimum absolute atomic E-state index is 0. The normalized spacial score (nSPS) is 11.6. The van der Waals surface area contributed by atoms with Gasteiger partial charge in [-0.15, -0.1) is 34.0 Å². The van der Waals surface area contributed by atoms with Crippen molar-refractivity contribution in [2.45, 2.75) is 33.3 Å². The molecule has 0 amide bonds. The maximum Gasteiger partial charge on any atom is 0.193 e. The standard InChI is InChI=1S/C27H23FN2O4S.C17H10BrFN2OS.C17H11FN2OS.CH4/c1-33-23-12-9-16(14-24(23)34-2)21(31)10-11-22(32)25-20-8-3-4-13-30(20)27(29-25)18-15-35-26-17(18)6-5-7-19(26)28;18-8-14(22)15-13-6-1-2-7-21(13)17(20-15)11-9-23-16-10(11)4-3-5-12(16)19;1-10(21)15-14-7-2-3-8-20(14)17(19-15)12-9-22-16-11(12)5-4-6-13(16)18;/h3-9,12-15,22,32H,10-11H2,1-2H3;1-7,9H,8H2;2-9H,1H3;1H4. The first kappa shape index (κ1) is 56.0. The molecule has 4 aromatic carbocycles. The molecule has 0 radical (unpaired) electrons. The van der Waals surface area contributed by atoms with Crippen molar-refractivity contribution in [1.29, 1.82) is 0 Å². The first-order valence-electron chi connectivity index (χ1n) is 24.8. The Morgan fingerprint density at radius 2 is 1.01 bits per heavy atom. The predicted molar refractivity (Wildman–Crippen MR) is 321 cm³/mol. The summed E-state index contributed by atoms with van der Waals surface area (Å²) in [5, 5.41) is 19.3. The summed E-state index contributed by atoms with van der Waals surface area (Å²) in [4.78, 5) is 50.6. The number of aliphatic hydroxyl groups is 1. The molecule has 19 heteroatoms. The molecule has 0 saturated carbocycles. The summed E-state index contributed by atoms with van der Waals surface area (Å²) >= 11 is 7.22. The number of hydrogen-bond acceptors (Lipinski definition) is 12. The quantitative estimate of drug-likeness (QED) is 0.0882. The molecule has 0 bridgehead atoms. The Morgan fingerprint density at radius 3 is 1.48 bits per heavy atom. The smallest absolute Gasteiger partial charge is 0.193 e. The zero-order valence-corrected chi connectivity index (χ0v) is 46.7. The van der Waals surface area contributed by atoms with Gasteiger partial charge in [-0.25, -0.2) is 28.1 Å². The highest BCUT2D eigenvalue weighted by Gasteiger charge is 2.24. The van der Waals surface area contributed by atoms with Crippen LogP contribution in [0.2, 0.25) is 0 Å². The Kier molecular flexibility index (Phi) is 16.4. The van der Waals surface area contributed by atoms with Crippen molar-refractivity contribution < 1.29 is 42.1 Å². The van der Waals surface area contributed by atoms with E-state index in [1.54, 1.807) is 36.4 Å². The molecule has 9 aromatic heterocycles. The number of nitrogens with zero attached hydrogens (tertiary/aromatic N) is 6. The lowest BCUT2D eigenvalue weighted by atomic mass is 10.0. The van der Waals surface area contributed by atoms with E-state index < -0.39 is 6.10 Å². The molecule has 0 fully saturated rings. The van der Waals surface area contributed by atoms with Crippen molar-refractivity contribution in [3.05, 3.63) is 202 Å². The van der Waals surface area contributed by atoms with E-state index in [0.717, 1.165) is 49.4 Å². The molecule has 12 nitrogen and oxygen atoms in total. The summed E-state index contributed by atoms with van der Waals surface area (Å²) in [5.41, 5.74) is 6.55. The molecule has 0 saturated heterocycles. The molecule has 13 rings (SSSR count). The minimum atomic E-state index is -0.952. The predicted octanol–water partition coefficient (Wildman–Crippen LogP) is 16.2. The third-order valence-corrected chi connectivity index (χ3v) is 17.0. The van der Waals surface area contributed by atoms with E-state index in [9.17, 15) is 32.7 Å². The average molecular weight is 1210 g/mol. The number of benzene rings is 4. The van der Waals surface area contributed by atoms with Gasteiger partial charge in [0, 0.05) is 86.5 Å². The lowest BCUT2D eigenvalue weighted by Crippen LogP contribution is -2.05. The van der Waals surface area contributed by atoms with Crippen LogP contribution in [0.15, 0.2) is 162 Å². The number of fused-ring (bicyclic) bond motifs is 6. The van der Waals surface area contributed by atoms with Crippen LogP contribution in [0.1, 0.15) is 70.3 Å². The Hall–Kier alpha value is -8.33. The summed E-state index contributed by atoms with van der Waals surface area (Å²) < 4.78 is 60.0. The van der Waals surface area contributed by atoms with Gasteiger partial charge in [0.15, 0.2) is 28.8 Å². The van der Waals surface area contributed by atoms with Gasteiger partial charge in [0.05, 0.1) is 62.0 Å². The Balaban J connectivity index is 0.000000141. The Labute approximate surface area is 482 Å². The number of alkyl halides is 1. The maximum atomic E-state index is 14.3. The number of aromatic nitrogens is 6. The molecule has 0 aliphatic carbocycles. The van der Waals surface area contributed by atoms with Crippen LogP contribution < -0.4 is 9.47 Å². The highest BCUT2D eigenvalue weighted by atomic mass is 79.9. The molecule has 1 N–H and O–H groups in total. The zero-order valence-electron chi connectivity index (χ0n) is 42.7. The molecule has 1 atom stereocenters. The van der Waals surface area contributed by atoms with Crippen LogP contribution in [0.5, 0.6) is 11.5 Å². The third-order valence-electron chi connectivity index (χ3n) is 13.4. The molecule has 0 aliphatic heterocycles. The Bertz CT molecular complexity index is 4520. The molecule has 0 aliphatic rings. The number of carbonyl (C=O) groups is 3. The summed E-state index contributed by atoms with van der Waals surface area (Å²) in [6.45, 7) is 1.50. The number of halogens is 4. The lowest BCUT2D eigenvalue weighted by Gasteiger charge is -2.10. The topological polar surface area (TPSA) is 142 Å². The summed E-state index contributed by atoms with van der Waals surface area (Å²) in [6.07, 6.45) is 4.98. The SMILES string of the molecule is C.CC(=O)c1nc(-c2csc3c(F)cccc23)n2ccccc12.COc1ccc(C(=O)CCC(O)c2nc(-c3csc4c(F)cccc34)n3ccccc23)cc1OC.O=C(CBr)c1nc(-c2csc3c(F)cccc23)n2ccccc12. The van der Waals surface area contributed by atoms with Gasteiger partial charge in [0.25, 0.3) is 0 Å². The summed E-state index contributed by atoms with van der Waals surface area (Å²) in [5.74, 6) is 1.94. The van der Waals surface area contributed by atoms with Crippen LogP contribution in [0.3, 0.4) is 0 Å². The number of methoxy groups -OCH3 is 2. The highest BCUT2D eigenvalue weighted by Crippen LogP contribution is 2.40. The number of Topliss-reactive ketones (excluding diaryl/α,β-unsaturated/α-hetero) is 3. The van der Waals surface area contributed by atoms with Crippen molar-refractivity contribution in [1.82, 2.24) is 28.2 Å². The second kappa shape index (κ2) is 23.8. The van der Waals surface area contributed by atoms with E-state index >= 15 is 0 Å². The average Bonchev–Trinajstić information content (AvgIpc) is 4.25. The number of pyridine rings is 3. The van der Waals surface area contributed by atoms with Crippen LogP contribution in [0.4, 0.5) is 13.2 Å². The highest BCUT2D eigenvalue weighted by molar-refractivity contribution is 9.09. The number of aliphatic hydroxyl groups excluding tert-OH is 1. The zero-order chi connectivity index (χ0) is 55.8. The maximum absolute atomic E-state index is 14.3. The fraction of sp³-hybridized carbons (Fsp3) is 0.129. The van der Waals surface area contributed by atoms with Gasteiger partial charge in [0.2, 0.25) is 0 Å². The van der Waals surface area contributed by atoms with Gasteiger partial charge in [-0.1, -0.05) is 78.0 Å². The van der Waals surface area contributed by atoms with Gasteiger partial charge in [-0.2, -0.15) is 0 Å². The monoisotopic (exact) mass is 1200 g/mol. The van der Waals surface area contributed by atoms with Gasteiger partial charge in [-0.05, 0) is 79.2 Å². The molecule has 1 unspecified atom stereocenters. The molecule has 81 heavy (non-hydrogen) atoms. The molecular weight excluding hydrogens is 1160 g/mol. The van der Waals surface area contributed by atoms with E-state index in [0.29, 0.717) is 65.7 Å². The number of ether oxygens (including phenoxy) is 2. The summed E-state index contributed by atoms with van der Waals surface area (Å²) in [6, 6.07) is 36.9. The van der Waals surface area contributed by atoms with Crippen LogP contribution in [-0.2, 0) is 0 Å². The number of thiophene rings is 3. The molecular formula is C62H48BrF3N6O6S3. The van der Waals surface area contributed by atoms with Gasteiger partial charge >= 0.3 is 0 Å². The van der Waals surface area contributed by atoms with Crippen molar-refractivity contribution >= 4 is 114 Å². The van der Waals surface area contributed by atoms with Crippen molar-refractivity contribution in [2.75, 3.05) is 19.5 Å². The third kappa shape index (κ3) is 10.5. The first-order valence-corrected chi connectivity index (χ1v) is 28.6. The van der Waals surface area contributed by atoms with E-state index in [1.807, 2.05) is 121 Å². The fourth-order valence-electron chi connectivity index (χ4n) is 9.62. The van der Waals surface area contributed by atoms with Crippen molar-refractivity contribution in [3.63, 3.8) is 0 Å². The fourth-order valence-corrected chi connectivity index (χ4v) is 12.8. The van der Waals surface area contributed by atoms with Crippen molar-refractivity contribution in [3.8, 4) is 45.7 Å². The van der Waals surface area contributed by atoms with Gasteiger partial charge in [0.1, 0.15) is 46.3 Å². The molecule has 13 aromatic rings. The minimum Gasteiger partial charge on any atom is -0.493 e. The van der Waals surface area contributed by atoms with Crippen LogP contribution >= 0.6 is 49.9 Å². The number of hydrogen-bond donors (Lipinski definition) is 1. The molecule has 0 spiro atoms. The van der Waals surface area contributed by atoms with Crippen LogP contribution in [-0.4, -0.2) is 70.2 Å². The van der Waals surface area contributed by atoms with Gasteiger partial charge < -0.3 is 14.6 Å². The second-order valence-corrected chi connectivity index (χ2v) is 21.4. The van der Waals surface area contributed by atoms with Gasteiger partial charge in [-0.3, -0.25) is 27.6 Å². The number of ketones is 3. The molecule has 408 valence electrons. The van der Waals surface area contributed by atoms with Crippen LogP contribution in [0.25, 0.3) is 81.0 Å². The largest absolute Gasteiger partial charge is 0.493 e. The number of carbonyl (C=O) groups excluding carboxylic acids is 3. The second-order valence-electron chi connectivity index (χ2n) is 18.2. The Morgan fingerprint density at radius 1 is 0.568 bits per heavy atom. The van der Waals surface area contributed by atoms with E-state index in [4.69, 9.17) is 14.5 Å². The van der Waals surface area contributed by atoms with Crippen LogP contribution in [0, 0.1) is 17.5 Å².